The molecule has 2 amide bonds. The molecular formula is C22H24N2O4. The van der Waals surface area contributed by atoms with Gasteiger partial charge >= 0.3 is 0 Å². The van der Waals surface area contributed by atoms with Crippen LogP contribution >= 0.6 is 0 Å². The third-order valence-electron chi connectivity index (χ3n) is 4.98. The van der Waals surface area contributed by atoms with Gasteiger partial charge < -0.3 is 19.7 Å². The van der Waals surface area contributed by atoms with Gasteiger partial charge in [0.25, 0.3) is 5.91 Å². The Bertz CT molecular complexity index is 837. The number of hydrogen-bond donors (Lipinski definition) is 1. The van der Waals surface area contributed by atoms with Crippen molar-refractivity contribution in [2.45, 2.75) is 31.3 Å². The van der Waals surface area contributed by atoms with Crippen LogP contribution in [0.4, 0.5) is 0 Å². The summed E-state index contributed by atoms with van der Waals surface area (Å²) in [6, 6.07) is 15.2. The van der Waals surface area contributed by atoms with Crippen LogP contribution in [-0.4, -0.2) is 48.7 Å². The molecule has 1 fully saturated rings. The second-order valence-electron chi connectivity index (χ2n) is 6.79. The first-order valence-corrected chi connectivity index (χ1v) is 9.37. The average molecular weight is 380 g/mol. The van der Waals surface area contributed by atoms with Crippen molar-refractivity contribution in [1.82, 2.24) is 10.2 Å². The lowest BCUT2D eigenvalue weighted by atomic mass is 10.0. The second kappa shape index (κ2) is 9.17. The van der Waals surface area contributed by atoms with Crippen molar-refractivity contribution in [3.8, 4) is 5.75 Å². The largest absolute Gasteiger partial charge is 0.496 e. The SMILES string of the molecule is COc1ccccc1C(=O)NC(Cc1ccccc1)C(=O)N1CCC[C@H]1C=O. The number of rotatable bonds is 7. The molecule has 0 aliphatic carbocycles. The van der Waals surface area contributed by atoms with Crippen LogP contribution in [0.15, 0.2) is 54.6 Å². The fourth-order valence-corrected chi connectivity index (χ4v) is 3.53. The number of para-hydroxylation sites is 1. The zero-order valence-corrected chi connectivity index (χ0v) is 15.8. The van der Waals surface area contributed by atoms with Crippen LogP contribution < -0.4 is 10.1 Å². The van der Waals surface area contributed by atoms with Crippen molar-refractivity contribution in [3.63, 3.8) is 0 Å². The lowest BCUT2D eigenvalue weighted by Crippen LogP contribution is -2.51. The number of aldehydes is 1. The predicted molar refractivity (Wildman–Crippen MR) is 105 cm³/mol. The maximum Gasteiger partial charge on any atom is 0.255 e. The van der Waals surface area contributed by atoms with Crippen molar-refractivity contribution in [2.75, 3.05) is 13.7 Å². The van der Waals surface area contributed by atoms with E-state index in [0.717, 1.165) is 18.3 Å². The highest BCUT2D eigenvalue weighted by atomic mass is 16.5. The molecule has 3 rings (SSSR count). The highest BCUT2D eigenvalue weighted by Crippen LogP contribution is 2.20. The van der Waals surface area contributed by atoms with Gasteiger partial charge in [-0.15, -0.1) is 0 Å². The van der Waals surface area contributed by atoms with Gasteiger partial charge in [0.05, 0.1) is 18.7 Å². The highest BCUT2D eigenvalue weighted by molar-refractivity contribution is 6.00. The van der Waals surface area contributed by atoms with E-state index >= 15 is 0 Å². The van der Waals surface area contributed by atoms with Crippen molar-refractivity contribution in [1.29, 1.82) is 0 Å². The summed E-state index contributed by atoms with van der Waals surface area (Å²) in [6.45, 7) is 0.526. The molecule has 28 heavy (non-hydrogen) atoms. The van der Waals surface area contributed by atoms with E-state index in [1.165, 1.54) is 7.11 Å². The van der Waals surface area contributed by atoms with Crippen LogP contribution in [0, 0.1) is 0 Å². The summed E-state index contributed by atoms with van der Waals surface area (Å²) < 4.78 is 5.26. The van der Waals surface area contributed by atoms with Crippen LogP contribution in [0.25, 0.3) is 0 Å². The Morgan fingerprint density at radius 3 is 2.61 bits per heavy atom. The Kier molecular flexibility index (Phi) is 6.42. The molecule has 6 nitrogen and oxygen atoms in total. The maximum absolute atomic E-state index is 13.2. The van der Waals surface area contributed by atoms with Crippen LogP contribution in [-0.2, 0) is 16.0 Å². The molecular weight excluding hydrogens is 356 g/mol. The third-order valence-corrected chi connectivity index (χ3v) is 4.98. The number of methoxy groups -OCH3 is 1. The molecule has 0 radical (unpaired) electrons. The minimum Gasteiger partial charge on any atom is -0.496 e. The Morgan fingerprint density at radius 1 is 1.18 bits per heavy atom. The second-order valence-corrected chi connectivity index (χ2v) is 6.79. The summed E-state index contributed by atoms with van der Waals surface area (Å²) >= 11 is 0. The van der Waals surface area contributed by atoms with Gasteiger partial charge in [-0.2, -0.15) is 0 Å². The summed E-state index contributed by atoms with van der Waals surface area (Å²) in [7, 11) is 1.50. The summed E-state index contributed by atoms with van der Waals surface area (Å²) in [5.41, 5.74) is 1.30. The van der Waals surface area contributed by atoms with Gasteiger partial charge in [-0.1, -0.05) is 42.5 Å². The minimum absolute atomic E-state index is 0.235. The van der Waals surface area contributed by atoms with Gasteiger partial charge in [-0.3, -0.25) is 9.59 Å². The molecule has 1 N–H and O–H groups in total. The average Bonchev–Trinajstić information content (AvgIpc) is 3.22. The van der Waals surface area contributed by atoms with E-state index in [2.05, 4.69) is 5.32 Å². The number of carbonyl (C=O) groups excluding carboxylic acids is 3. The van der Waals surface area contributed by atoms with Gasteiger partial charge in [0.2, 0.25) is 5.91 Å². The molecule has 0 spiro atoms. The van der Waals surface area contributed by atoms with Crippen molar-refractivity contribution >= 4 is 18.1 Å². The number of carbonyl (C=O) groups is 3. The van der Waals surface area contributed by atoms with E-state index in [0.29, 0.717) is 30.7 Å². The first kappa shape index (κ1) is 19.6. The Hall–Kier alpha value is -3.15. The summed E-state index contributed by atoms with van der Waals surface area (Å²) in [6.07, 6.45) is 2.61. The summed E-state index contributed by atoms with van der Waals surface area (Å²) in [5.74, 6) is -0.173. The lowest BCUT2D eigenvalue weighted by Gasteiger charge is -2.27. The Balaban J connectivity index is 1.84. The van der Waals surface area contributed by atoms with Gasteiger partial charge in [0.1, 0.15) is 18.1 Å². The fraction of sp³-hybridized carbons (Fsp3) is 0.318. The van der Waals surface area contributed by atoms with Crippen molar-refractivity contribution in [3.05, 3.63) is 65.7 Å². The third kappa shape index (κ3) is 4.39. The topological polar surface area (TPSA) is 75.7 Å². The van der Waals surface area contributed by atoms with Gasteiger partial charge in [0, 0.05) is 13.0 Å². The van der Waals surface area contributed by atoms with Crippen LogP contribution in [0.3, 0.4) is 0 Å². The standard InChI is InChI=1S/C22H24N2O4/c1-28-20-12-6-5-11-18(20)21(26)23-19(14-16-8-3-2-4-9-16)22(27)24-13-7-10-17(24)15-25/h2-6,8-9,11-12,15,17,19H,7,10,13-14H2,1H3,(H,23,26)/t17-,19?/m0/s1. The highest BCUT2D eigenvalue weighted by Gasteiger charge is 2.34. The monoisotopic (exact) mass is 380 g/mol. The number of likely N-dealkylation sites (tertiary alicyclic amines) is 1. The van der Waals surface area contributed by atoms with E-state index in [4.69, 9.17) is 4.74 Å². The maximum atomic E-state index is 13.2. The van der Waals surface area contributed by atoms with Crippen LogP contribution in [0.2, 0.25) is 0 Å². The molecule has 1 aliphatic heterocycles. The smallest absolute Gasteiger partial charge is 0.255 e. The fourth-order valence-electron chi connectivity index (χ4n) is 3.53. The number of benzene rings is 2. The first-order chi connectivity index (χ1) is 13.6. The predicted octanol–water partition coefficient (Wildman–Crippen LogP) is 2.23. The number of nitrogens with zero attached hydrogens (tertiary/aromatic N) is 1. The molecule has 2 aromatic carbocycles. The molecule has 1 heterocycles. The zero-order chi connectivity index (χ0) is 19.9. The molecule has 0 aromatic heterocycles. The number of hydrogen-bond acceptors (Lipinski definition) is 4. The number of amides is 2. The number of nitrogens with one attached hydrogen (secondary N) is 1. The molecule has 0 bridgehead atoms. The Labute approximate surface area is 164 Å². The van der Waals surface area contributed by atoms with E-state index in [9.17, 15) is 14.4 Å². The quantitative estimate of drug-likeness (QED) is 0.748. The molecule has 1 saturated heterocycles. The molecule has 1 aliphatic rings. The number of ether oxygens (including phenoxy) is 1. The molecule has 2 aromatic rings. The van der Waals surface area contributed by atoms with Crippen LogP contribution in [0.1, 0.15) is 28.8 Å². The van der Waals surface area contributed by atoms with E-state index in [1.54, 1.807) is 29.2 Å². The van der Waals surface area contributed by atoms with Crippen molar-refractivity contribution < 1.29 is 19.1 Å². The minimum atomic E-state index is -0.764. The molecule has 0 saturated carbocycles. The Morgan fingerprint density at radius 2 is 1.89 bits per heavy atom. The lowest BCUT2D eigenvalue weighted by molar-refractivity contribution is -0.136. The first-order valence-electron chi connectivity index (χ1n) is 9.37. The van der Waals surface area contributed by atoms with Crippen molar-refractivity contribution in [2.24, 2.45) is 0 Å². The van der Waals surface area contributed by atoms with E-state index in [1.807, 2.05) is 30.3 Å². The molecule has 1 unspecified atom stereocenters. The molecule has 2 atom stereocenters. The van der Waals surface area contributed by atoms with E-state index in [-0.39, 0.29) is 11.8 Å². The van der Waals surface area contributed by atoms with E-state index < -0.39 is 12.1 Å². The van der Waals surface area contributed by atoms with Crippen LogP contribution in [0.5, 0.6) is 5.75 Å². The van der Waals surface area contributed by atoms with Gasteiger partial charge in [-0.25, -0.2) is 0 Å². The molecule has 6 heteroatoms. The van der Waals surface area contributed by atoms with Gasteiger partial charge in [-0.05, 0) is 30.5 Å². The summed E-state index contributed by atoms with van der Waals surface area (Å²) in [5, 5.41) is 2.85. The molecule has 146 valence electrons. The van der Waals surface area contributed by atoms with Gasteiger partial charge in [0.15, 0.2) is 0 Å². The normalized spacial score (nSPS) is 17.0. The zero-order valence-electron chi connectivity index (χ0n) is 15.8. The summed E-state index contributed by atoms with van der Waals surface area (Å²) in [4.78, 5) is 38.9.